The van der Waals surface area contributed by atoms with Crippen LogP contribution in [0.15, 0.2) is 54.6 Å². The van der Waals surface area contributed by atoms with Crippen molar-refractivity contribution < 1.29 is 23.8 Å². The van der Waals surface area contributed by atoms with Crippen molar-refractivity contribution in [2.24, 2.45) is 0 Å². The van der Waals surface area contributed by atoms with Gasteiger partial charge in [0.25, 0.3) is 5.91 Å². The molecule has 0 unspecified atom stereocenters. The second-order valence-corrected chi connectivity index (χ2v) is 5.46. The summed E-state index contributed by atoms with van der Waals surface area (Å²) >= 11 is 0. The van der Waals surface area contributed by atoms with E-state index in [4.69, 9.17) is 14.2 Å². The summed E-state index contributed by atoms with van der Waals surface area (Å²) in [6.07, 6.45) is 0.912. The second-order valence-electron chi connectivity index (χ2n) is 5.46. The highest BCUT2D eigenvalue weighted by Gasteiger charge is 2.10. The minimum absolute atomic E-state index is 0.328. The monoisotopic (exact) mass is 357 g/mol. The maximum atomic E-state index is 11.9. The molecule has 0 aromatic heterocycles. The molecule has 2 rings (SSSR count). The molecular formula is C20H23NO5. The lowest BCUT2D eigenvalue weighted by molar-refractivity contribution is -0.124. The Hall–Kier alpha value is -3.02. The number of hydrogen-bond donors (Lipinski definition) is 1. The molecule has 2 aromatic rings. The summed E-state index contributed by atoms with van der Waals surface area (Å²) in [6, 6.07) is 15.9. The van der Waals surface area contributed by atoms with E-state index >= 15 is 0 Å². The minimum atomic E-state index is -0.553. The van der Waals surface area contributed by atoms with Crippen molar-refractivity contribution in [1.82, 2.24) is 5.32 Å². The third-order valence-corrected chi connectivity index (χ3v) is 3.33. The first-order chi connectivity index (χ1) is 12.7. The van der Waals surface area contributed by atoms with Gasteiger partial charge in [-0.15, -0.1) is 0 Å². The maximum absolute atomic E-state index is 11.9. The smallest absolute Gasteiger partial charge is 0.338 e. The van der Waals surface area contributed by atoms with Gasteiger partial charge in [0, 0.05) is 0 Å². The lowest BCUT2D eigenvalue weighted by Crippen LogP contribution is -2.32. The normalized spacial score (nSPS) is 10.0. The molecule has 1 amide bonds. The quantitative estimate of drug-likeness (QED) is 0.523. The van der Waals surface area contributed by atoms with Gasteiger partial charge in [0.15, 0.2) is 6.61 Å². The lowest BCUT2D eigenvalue weighted by atomic mass is 10.2. The molecule has 0 bridgehead atoms. The van der Waals surface area contributed by atoms with E-state index in [0.29, 0.717) is 31.1 Å². The summed E-state index contributed by atoms with van der Waals surface area (Å²) in [6.45, 7) is 2.97. The van der Waals surface area contributed by atoms with Gasteiger partial charge in [-0.3, -0.25) is 4.79 Å². The average molecular weight is 357 g/mol. The predicted molar refractivity (Wildman–Crippen MR) is 97.5 cm³/mol. The molecule has 0 spiro atoms. The van der Waals surface area contributed by atoms with Crippen LogP contribution in [0.2, 0.25) is 0 Å². The fourth-order valence-corrected chi connectivity index (χ4v) is 2.05. The number of carbonyl (C=O) groups excluding carboxylic acids is 2. The Balaban J connectivity index is 1.64. The standard InChI is InChI=1S/C20H23NO5/c1-2-13-24-18-10-8-16(9-11-18)20(23)26-15-19(22)21-12-14-25-17-6-4-3-5-7-17/h3-11H,2,12-15H2,1H3,(H,21,22). The Kier molecular flexibility index (Phi) is 7.99. The highest BCUT2D eigenvalue weighted by atomic mass is 16.5. The molecule has 0 saturated carbocycles. The number of amides is 1. The van der Waals surface area contributed by atoms with Crippen LogP contribution < -0.4 is 14.8 Å². The molecule has 0 atom stereocenters. The highest BCUT2D eigenvalue weighted by Crippen LogP contribution is 2.13. The van der Waals surface area contributed by atoms with E-state index in [9.17, 15) is 9.59 Å². The van der Waals surface area contributed by atoms with Crippen molar-refractivity contribution >= 4 is 11.9 Å². The molecule has 0 fully saturated rings. The summed E-state index contributed by atoms with van der Waals surface area (Å²) in [5.74, 6) is 0.500. The number of ether oxygens (including phenoxy) is 3. The van der Waals surface area contributed by atoms with Gasteiger partial charge in [0.05, 0.1) is 18.7 Å². The third-order valence-electron chi connectivity index (χ3n) is 3.33. The van der Waals surface area contributed by atoms with Crippen LogP contribution in [0.1, 0.15) is 23.7 Å². The molecule has 0 radical (unpaired) electrons. The topological polar surface area (TPSA) is 73.9 Å². The SMILES string of the molecule is CCCOc1ccc(C(=O)OCC(=O)NCCOc2ccccc2)cc1. The van der Waals surface area contributed by atoms with Crippen LogP contribution in [-0.4, -0.2) is 38.2 Å². The third kappa shape index (κ3) is 6.84. The van der Waals surface area contributed by atoms with Crippen LogP contribution in [0, 0.1) is 0 Å². The maximum Gasteiger partial charge on any atom is 0.338 e. The number of benzene rings is 2. The molecule has 2 aromatic carbocycles. The molecule has 0 saturated heterocycles. The average Bonchev–Trinajstić information content (AvgIpc) is 2.69. The number of nitrogens with one attached hydrogen (secondary N) is 1. The zero-order valence-electron chi connectivity index (χ0n) is 14.8. The first-order valence-electron chi connectivity index (χ1n) is 8.53. The Labute approximate surface area is 153 Å². The summed E-state index contributed by atoms with van der Waals surface area (Å²) < 4.78 is 15.9. The van der Waals surface area contributed by atoms with E-state index in [1.54, 1.807) is 24.3 Å². The van der Waals surface area contributed by atoms with Crippen LogP contribution in [0.4, 0.5) is 0 Å². The van der Waals surface area contributed by atoms with Crippen molar-refractivity contribution in [2.75, 3.05) is 26.4 Å². The molecule has 6 nitrogen and oxygen atoms in total. The number of esters is 1. The van der Waals surface area contributed by atoms with Crippen LogP contribution in [0.25, 0.3) is 0 Å². The van der Waals surface area contributed by atoms with Crippen molar-refractivity contribution in [3.8, 4) is 11.5 Å². The number of hydrogen-bond acceptors (Lipinski definition) is 5. The number of rotatable bonds is 10. The van der Waals surface area contributed by atoms with Crippen LogP contribution in [-0.2, 0) is 9.53 Å². The predicted octanol–water partition coefficient (Wildman–Crippen LogP) is 2.83. The van der Waals surface area contributed by atoms with Gasteiger partial charge >= 0.3 is 5.97 Å². The second kappa shape index (κ2) is 10.8. The summed E-state index contributed by atoms with van der Waals surface area (Å²) in [4.78, 5) is 23.6. The molecule has 0 aliphatic rings. The van der Waals surface area contributed by atoms with Crippen LogP contribution in [0.5, 0.6) is 11.5 Å². The van der Waals surface area contributed by atoms with Gasteiger partial charge in [-0.25, -0.2) is 4.79 Å². The van der Waals surface area contributed by atoms with Crippen molar-refractivity contribution in [3.63, 3.8) is 0 Å². The van der Waals surface area contributed by atoms with Gasteiger partial charge < -0.3 is 19.5 Å². The van der Waals surface area contributed by atoms with Crippen LogP contribution >= 0.6 is 0 Å². The Morgan fingerprint density at radius 2 is 1.54 bits per heavy atom. The molecule has 26 heavy (non-hydrogen) atoms. The Bertz CT molecular complexity index is 685. The van der Waals surface area contributed by atoms with Crippen molar-refractivity contribution in [3.05, 3.63) is 60.2 Å². The molecule has 0 aliphatic heterocycles. The van der Waals surface area contributed by atoms with Gasteiger partial charge in [-0.2, -0.15) is 0 Å². The number of carbonyl (C=O) groups is 2. The zero-order valence-corrected chi connectivity index (χ0v) is 14.8. The molecule has 138 valence electrons. The molecular weight excluding hydrogens is 334 g/mol. The summed E-state index contributed by atoms with van der Waals surface area (Å²) in [7, 11) is 0. The van der Waals surface area contributed by atoms with Gasteiger partial charge in [0.1, 0.15) is 18.1 Å². The summed E-state index contributed by atoms with van der Waals surface area (Å²) in [5, 5.41) is 2.63. The lowest BCUT2D eigenvalue weighted by Gasteiger charge is -2.09. The first-order valence-corrected chi connectivity index (χ1v) is 8.53. The molecule has 0 heterocycles. The van der Waals surface area contributed by atoms with Gasteiger partial charge in [0.2, 0.25) is 0 Å². The van der Waals surface area contributed by atoms with Crippen LogP contribution in [0.3, 0.4) is 0 Å². The van der Waals surface area contributed by atoms with E-state index in [2.05, 4.69) is 5.32 Å². The Morgan fingerprint density at radius 1 is 0.885 bits per heavy atom. The van der Waals surface area contributed by atoms with E-state index in [1.165, 1.54) is 0 Å². The molecule has 6 heteroatoms. The minimum Gasteiger partial charge on any atom is -0.494 e. The summed E-state index contributed by atoms with van der Waals surface area (Å²) in [5.41, 5.74) is 0.369. The molecule has 1 N–H and O–H groups in total. The fraction of sp³-hybridized carbons (Fsp3) is 0.300. The molecule has 0 aliphatic carbocycles. The van der Waals surface area contributed by atoms with Crippen molar-refractivity contribution in [1.29, 1.82) is 0 Å². The largest absolute Gasteiger partial charge is 0.494 e. The highest BCUT2D eigenvalue weighted by molar-refractivity contribution is 5.91. The fourth-order valence-electron chi connectivity index (χ4n) is 2.05. The van der Waals surface area contributed by atoms with E-state index in [0.717, 1.165) is 12.2 Å². The zero-order chi connectivity index (χ0) is 18.6. The van der Waals surface area contributed by atoms with E-state index < -0.39 is 5.97 Å². The first kappa shape index (κ1) is 19.3. The van der Waals surface area contributed by atoms with Gasteiger partial charge in [-0.05, 0) is 42.8 Å². The van der Waals surface area contributed by atoms with Gasteiger partial charge in [-0.1, -0.05) is 25.1 Å². The Morgan fingerprint density at radius 3 is 2.23 bits per heavy atom. The number of para-hydroxylation sites is 1. The van der Waals surface area contributed by atoms with E-state index in [-0.39, 0.29) is 12.5 Å². The van der Waals surface area contributed by atoms with E-state index in [1.807, 2.05) is 37.3 Å². The van der Waals surface area contributed by atoms with Crippen molar-refractivity contribution in [2.45, 2.75) is 13.3 Å².